The first-order valence-electron chi connectivity index (χ1n) is 5.44. The van der Waals surface area contributed by atoms with Crippen LogP contribution in [0, 0.1) is 0 Å². The van der Waals surface area contributed by atoms with E-state index in [4.69, 9.17) is 0 Å². The first-order valence-corrected chi connectivity index (χ1v) is 5.44. The predicted molar refractivity (Wildman–Crippen MR) is 61.2 cm³/mol. The molecule has 7 heteroatoms. The summed E-state index contributed by atoms with van der Waals surface area (Å²) in [6.45, 7) is 2.12. The monoisotopic (exact) mass is 274 g/mol. The van der Waals surface area contributed by atoms with Gasteiger partial charge in [0.15, 0.2) is 0 Å². The summed E-state index contributed by atoms with van der Waals surface area (Å²) in [6, 6.07) is 0. The number of halogens is 4. The number of hydrogen-bond donors (Lipinski definition) is 2. The normalized spacial score (nSPS) is 24.9. The third kappa shape index (κ3) is 5.59. The van der Waals surface area contributed by atoms with Crippen molar-refractivity contribution in [1.82, 2.24) is 10.6 Å². The van der Waals surface area contributed by atoms with E-state index in [1.807, 2.05) is 0 Å². The maximum atomic E-state index is 11.9. The minimum absolute atomic E-state index is 0. The zero-order chi connectivity index (χ0) is 12.2. The van der Waals surface area contributed by atoms with Crippen molar-refractivity contribution in [3.05, 3.63) is 0 Å². The molecule has 1 heterocycles. The van der Waals surface area contributed by atoms with Gasteiger partial charge in [0, 0.05) is 6.54 Å². The van der Waals surface area contributed by atoms with E-state index < -0.39 is 18.1 Å². The average Bonchev–Trinajstić information content (AvgIpc) is 2.16. The summed E-state index contributed by atoms with van der Waals surface area (Å²) in [5.74, 6) is -0.337. The molecule has 0 saturated carbocycles. The average molecular weight is 275 g/mol. The summed E-state index contributed by atoms with van der Waals surface area (Å²) in [6.07, 6.45) is -2.59. The van der Waals surface area contributed by atoms with Gasteiger partial charge in [-0.15, -0.1) is 12.4 Å². The standard InChI is InChI=1S/C10H17F3N2O.ClH/c1-9(4-2-3-6-15-9)8(16)14-7-5-10(11,12)13;/h15H,2-7H2,1H3,(H,14,16);1H. The topological polar surface area (TPSA) is 41.1 Å². The van der Waals surface area contributed by atoms with Crippen molar-refractivity contribution in [3.8, 4) is 0 Å². The number of amides is 1. The van der Waals surface area contributed by atoms with E-state index >= 15 is 0 Å². The predicted octanol–water partition coefficient (Wildman–Crippen LogP) is 2.01. The molecule has 0 spiro atoms. The van der Waals surface area contributed by atoms with Gasteiger partial charge in [-0.3, -0.25) is 4.79 Å². The molecule has 0 bridgehead atoms. The third-order valence-corrected chi connectivity index (χ3v) is 2.81. The molecule has 1 aliphatic rings. The van der Waals surface area contributed by atoms with E-state index in [0.717, 1.165) is 19.4 Å². The van der Waals surface area contributed by atoms with E-state index in [9.17, 15) is 18.0 Å². The first kappa shape index (κ1) is 16.5. The van der Waals surface area contributed by atoms with Crippen molar-refractivity contribution >= 4 is 18.3 Å². The molecule has 0 aliphatic carbocycles. The Bertz CT molecular complexity index is 252. The molecule has 102 valence electrons. The smallest absolute Gasteiger partial charge is 0.354 e. The second-order valence-electron chi connectivity index (χ2n) is 4.34. The Kier molecular flexibility index (Phi) is 6.26. The molecule has 1 saturated heterocycles. The van der Waals surface area contributed by atoms with Gasteiger partial charge in [0.2, 0.25) is 5.91 Å². The lowest BCUT2D eigenvalue weighted by Gasteiger charge is -2.33. The van der Waals surface area contributed by atoms with Crippen LogP contribution < -0.4 is 10.6 Å². The molecule has 17 heavy (non-hydrogen) atoms. The van der Waals surface area contributed by atoms with Gasteiger partial charge < -0.3 is 10.6 Å². The number of piperidine rings is 1. The van der Waals surface area contributed by atoms with Crippen LogP contribution in [0.1, 0.15) is 32.6 Å². The van der Waals surface area contributed by atoms with Crippen molar-refractivity contribution < 1.29 is 18.0 Å². The van der Waals surface area contributed by atoms with Gasteiger partial charge in [0.25, 0.3) is 0 Å². The van der Waals surface area contributed by atoms with Crippen LogP contribution in [-0.2, 0) is 4.79 Å². The molecule has 1 aliphatic heterocycles. The van der Waals surface area contributed by atoms with Crippen LogP contribution in [0.3, 0.4) is 0 Å². The molecule has 0 aromatic heterocycles. The molecular formula is C10H18ClF3N2O. The van der Waals surface area contributed by atoms with Crippen LogP contribution in [-0.4, -0.2) is 30.7 Å². The fraction of sp³-hybridized carbons (Fsp3) is 0.900. The Morgan fingerprint density at radius 2 is 2.06 bits per heavy atom. The minimum Gasteiger partial charge on any atom is -0.354 e. The van der Waals surface area contributed by atoms with E-state index in [0.29, 0.717) is 6.42 Å². The molecule has 3 nitrogen and oxygen atoms in total. The van der Waals surface area contributed by atoms with Crippen LogP contribution in [0.4, 0.5) is 13.2 Å². The summed E-state index contributed by atoms with van der Waals surface area (Å²) in [4.78, 5) is 11.7. The Labute approximate surface area is 105 Å². The SMILES string of the molecule is CC1(C(=O)NCCC(F)(F)F)CCCCN1.Cl. The van der Waals surface area contributed by atoms with Gasteiger partial charge in [0.05, 0.1) is 12.0 Å². The minimum atomic E-state index is -4.21. The largest absolute Gasteiger partial charge is 0.390 e. The highest BCUT2D eigenvalue weighted by Crippen LogP contribution is 2.20. The summed E-state index contributed by atoms with van der Waals surface area (Å²) in [7, 11) is 0. The number of carbonyl (C=O) groups excluding carboxylic acids is 1. The zero-order valence-electron chi connectivity index (χ0n) is 9.69. The zero-order valence-corrected chi connectivity index (χ0v) is 10.5. The molecule has 2 N–H and O–H groups in total. The van der Waals surface area contributed by atoms with Crippen LogP contribution in [0.25, 0.3) is 0 Å². The van der Waals surface area contributed by atoms with Crippen molar-refractivity contribution in [2.75, 3.05) is 13.1 Å². The number of alkyl halides is 3. The Morgan fingerprint density at radius 1 is 1.41 bits per heavy atom. The van der Waals surface area contributed by atoms with Crippen LogP contribution in [0.5, 0.6) is 0 Å². The van der Waals surface area contributed by atoms with Crippen LogP contribution in [0.2, 0.25) is 0 Å². The molecule has 1 unspecified atom stereocenters. The van der Waals surface area contributed by atoms with Crippen molar-refractivity contribution in [1.29, 1.82) is 0 Å². The van der Waals surface area contributed by atoms with Gasteiger partial charge in [-0.05, 0) is 32.7 Å². The van der Waals surface area contributed by atoms with Gasteiger partial charge in [-0.2, -0.15) is 13.2 Å². The number of nitrogens with one attached hydrogen (secondary N) is 2. The number of carbonyl (C=O) groups is 1. The van der Waals surface area contributed by atoms with E-state index in [2.05, 4.69) is 10.6 Å². The molecule has 1 rings (SSSR count). The van der Waals surface area contributed by atoms with Crippen LogP contribution >= 0.6 is 12.4 Å². The second kappa shape index (κ2) is 6.44. The summed E-state index contributed by atoms with van der Waals surface area (Å²) in [5.41, 5.74) is -0.705. The van der Waals surface area contributed by atoms with E-state index in [1.54, 1.807) is 6.92 Å². The Morgan fingerprint density at radius 3 is 2.53 bits per heavy atom. The quantitative estimate of drug-likeness (QED) is 0.827. The lowest BCUT2D eigenvalue weighted by atomic mass is 9.90. The van der Waals surface area contributed by atoms with Gasteiger partial charge in [-0.1, -0.05) is 0 Å². The highest BCUT2D eigenvalue weighted by atomic mass is 35.5. The molecule has 0 aromatic carbocycles. The highest BCUT2D eigenvalue weighted by molar-refractivity contribution is 5.86. The number of hydrogen-bond acceptors (Lipinski definition) is 2. The molecule has 0 aromatic rings. The maximum Gasteiger partial charge on any atom is 0.390 e. The van der Waals surface area contributed by atoms with Crippen molar-refractivity contribution in [3.63, 3.8) is 0 Å². The van der Waals surface area contributed by atoms with E-state index in [1.165, 1.54) is 0 Å². The third-order valence-electron chi connectivity index (χ3n) is 2.81. The van der Waals surface area contributed by atoms with Crippen molar-refractivity contribution in [2.24, 2.45) is 0 Å². The van der Waals surface area contributed by atoms with Crippen LogP contribution in [0.15, 0.2) is 0 Å². The highest BCUT2D eigenvalue weighted by Gasteiger charge is 2.34. The fourth-order valence-corrected chi connectivity index (χ4v) is 1.76. The summed E-state index contributed by atoms with van der Waals surface area (Å²) >= 11 is 0. The summed E-state index contributed by atoms with van der Waals surface area (Å²) in [5, 5.41) is 5.38. The Hall–Kier alpha value is -0.490. The molecule has 1 atom stereocenters. The maximum absolute atomic E-state index is 11.9. The molecule has 0 radical (unpaired) electrons. The fourth-order valence-electron chi connectivity index (χ4n) is 1.76. The second-order valence-corrected chi connectivity index (χ2v) is 4.34. The molecule has 1 fully saturated rings. The lowest BCUT2D eigenvalue weighted by Crippen LogP contribution is -2.57. The lowest BCUT2D eigenvalue weighted by molar-refractivity contribution is -0.137. The first-order chi connectivity index (χ1) is 7.33. The Balaban J connectivity index is 0.00000256. The number of rotatable bonds is 3. The summed E-state index contributed by atoms with van der Waals surface area (Å²) < 4.78 is 35.6. The van der Waals surface area contributed by atoms with E-state index in [-0.39, 0.29) is 24.9 Å². The molecular weight excluding hydrogens is 257 g/mol. The van der Waals surface area contributed by atoms with Crippen molar-refractivity contribution in [2.45, 2.75) is 44.3 Å². The van der Waals surface area contributed by atoms with Gasteiger partial charge in [0.1, 0.15) is 0 Å². The molecule has 1 amide bonds. The van der Waals surface area contributed by atoms with Gasteiger partial charge >= 0.3 is 6.18 Å². The van der Waals surface area contributed by atoms with Gasteiger partial charge in [-0.25, -0.2) is 0 Å².